The average Bonchev–Trinajstić information content (AvgIpc) is 2.15. The lowest BCUT2D eigenvalue weighted by Crippen LogP contribution is -1.97. The van der Waals surface area contributed by atoms with E-state index in [1.807, 2.05) is 0 Å². The summed E-state index contributed by atoms with van der Waals surface area (Å²) in [5, 5.41) is 10.5. The highest BCUT2D eigenvalue weighted by molar-refractivity contribution is 7.94. The van der Waals surface area contributed by atoms with Gasteiger partial charge in [0.25, 0.3) is 0 Å². The minimum absolute atomic E-state index is 0.494. The molecule has 0 spiro atoms. The van der Waals surface area contributed by atoms with Crippen molar-refractivity contribution in [2.24, 2.45) is 0 Å². The monoisotopic (exact) mass is 235 g/mol. The summed E-state index contributed by atoms with van der Waals surface area (Å²) < 4.78 is 30.6. The largest absolute Gasteiger partial charge is 0.415 e. The minimum Gasteiger partial charge on any atom is -0.415 e. The third-order valence-electron chi connectivity index (χ3n) is 1.45. The molecule has 0 atom stereocenters. The zero-order valence-corrected chi connectivity index (χ0v) is 8.51. The number of benzene rings is 1. The van der Waals surface area contributed by atoms with E-state index >= 15 is 0 Å². The molecule has 1 aromatic carbocycles. The first-order valence-electron chi connectivity index (χ1n) is 3.99. The molecule has 0 saturated heterocycles. The molecule has 0 heterocycles. The van der Waals surface area contributed by atoms with Gasteiger partial charge in [0, 0.05) is 11.8 Å². The minimum atomic E-state index is -1.08. The molecular weight excluding hydrogens is 228 g/mol. The van der Waals surface area contributed by atoms with Crippen molar-refractivity contribution >= 4 is 17.7 Å². The summed E-state index contributed by atoms with van der Waals surface area (Å²) in [5.74, 6) is -2.14. The van der Waals surface area contributed by atoms with Gasteiger partial charge >= 0.3 is 5.69 Å². The zero-order chi connectivity index (χ0) is 11.4. The van der Waals surface area contributed by atoms with Gasteiger partial charge in [-0.1, -0.05) is 6.92 Å². The van der Waals surface area contributed by atoms with Crippen molar-refractivity contribution in [3.8, 4) is 5.75 Å². The Morgan fingerprint density at radius 2 is 2.20 bits per heavy atom. The van der Waals surface area contributed by atoms with Crippen LogP contribution < -0.4 is 4.18 Å². The summed E-state index contributed by atoms with van der Waals surface area (Å²) in [5.41, 5.74) is -0.714. The summed E-state index contributed by atoms with van der Waals surface area (Å²) in [6.07, 6.45) is 0. The summed E-state index contributed by atoms with van der Waals surface area (Å²) in [7, 11) is 0. The second-order valence-corrected chi connectivity index (χ2v) is 3.46. The lowest BCUT2D eigenvalue weighted by molar-refractivity contribution is -0.385. The predicted molar refractivity (Wildman–Crippen MR) is 51.8 cm³/mol. The van der Waals surface area contributed by atoms with E-state index in [0.717, 1.165) is 12.0 Å². The smallest absolute Gasteiger partial charge is 0.318 e. The zero-order valence-electron chi connectivity index (χ0n) is 7.70. The van der Waals surface area contributed by atoms with Crippen LogP contribution in [-0.4, -0.2) is 10.7 Å². The summed E-state index contributed by atoms with van der Waals surface area (Å²) >= 11 is 0.846. The molecule has 0 unspecified atom stereocenters. The Hall–Kier alpha value is -1.37. The van der Waals surface area contributed by atoms with Gasteiger partial charge in [0.2, 0.25) is 5.75 Å². The number of nitrogens with zero attached hydrogens (tertiary/aromatic N) is 1. The summed E-state index contributed by atoms with van der Waals surface area (Å²) in [4.78, 5) is 9.58. The summed E-state index contributed by atoms with van der Waals surface area (Å²) in [6, 6.07) is 1.16. The predicted octanol–water partition coefficient (Wildman–Crippen LogP) is 2.92. The van der Waals surface area contributed by atoms with Crippen LogP contribution in [0.5, 0.6) is 5.75 Å². The first kappa shape index (κ1) is 11.7. The molecule has 0 aliphatic carbocycles. The average molecular weight is 235 g/mol. The van der Waals surface area contributed by atoms with E-state index in [4.69, 9.17) is 4.18 Å². The van der Waals surface area contributed by atoms with Gasteiger partial charge in [0.1, 0.15) is 5.82 Å². The molecule has 82 valence electrons. The Bertz CT molecular complexity index is 386. The normalized spacial score (nSPS) is 10.1. The fourth-order valence-corrected chi connectivity index (χ4v) is 1.28. The van der Waals surface area contributed by atoms with E-state index in [-0.39, 0.29) is 0 Å². The number of hydrogen-bond donors (Lipinski definition) is 0. The van der Waals surface area contributed by atoms with Crippen molar-refractivity contribution in [2.75, 3.05) is 5.75 Å². The van der Waals surface area contributed by atoms with Crippen LogP contribution in [-0.2, 0) is 0 Å². The molecule has 0 aliphatic heterocycles. The number of rotatable bonds is 4. The first-order valence-corrected chi connectivity index (χ1v) is 4.90. The molecule has 4 nitrogen and oxygen atoms in total. The molecule has 0 fully saturated rings. The highest BCUT2D eigenvalue weighted by atomic mass is 32.2. The van der Waals surface area contributed by atoms with Gasteiger partial charge in [-0.3, -0.25) is 10.1 Å². The maximum atomic E-state index is 13.1. The van der Waals surface area contributed by atoms with Crippen molar-refractivity contribution < 1.29 is 17.9 Å². The van der Waals surface area contributed by atoms with Crippen molar-refractivity contribution in [1.82, 2.24) is 0 Å². The van der Waals surface area contributed by atoms with Crippen molar-refractivity contribution in [2.45, 2.75) is 6.92 Å². The van der Waals surface area contributed by atoms with Crippen molar-refractivity contribution in [1.29, 1.82) is 0 Å². The fraction of sp³-hybridized carbons (Fsp3) is 0.250. The van der Waals surface area contributed by atoms with Crippen LogP contribution in [0.4, 0.5) is 14.5 Å². The topological polar surface area (TPSA) is 52.4 Å². The molecule has 15 heavy (non-hydrogen) atoms. The lowest BCUT2D eigenvalue weighted by Gasteiger charge is -2.04. The standard InChI is InChI=1S/C8H7F2NO3S/c1-2-15-14-8-6(10)3-5(9)4-7(8)11(12)13/h3-4H,2H2,1H3. The maximum absolute atomic E-state index is 13.1. The van der Waals surface area contributed by atoms with Gasteiger partial charge in [-0.2, -0.15) is 0 Å². The van der Waals surface area contributed by atoms with Gasteiger partial charge in [0.15, 0.2) is 5.82 Å². The van der Waals surface area contributed by atoms with E-state index in [9.17, 15) is 18.9 Å². The second kappa shape index (κ2) is 4.92. The fourth-order valence-electron chi connectivity index (χ4n) is 0.883. The van der Waals surface area contributed by atoms with Crippen molar-refractivity contribution in [3.63, 3.8) is 0 Å². The van der Waals surface area contributed by atoms with Crippen LogP contribution in [0.15, 0.2) is 12.1 Å². The van der Waals surface area contributed by atoms with E-state index in [1.54, 1.807) is 6.92 Å². The highest BCUT2D eigenvalue weighted by Crippen LogP contribution is 2.33. The molecule has 0 N–H and O–H groups in total. The molecule has 0 saturated carbocycles. The Morgan fingerprint density at radius 1 is 1.53 bits per heavy atom. The van der Waals surface area contributed by atoms with Crippen LogP contribution >= 0.6 is 12.0 Å². The Kier molecular flexibility index (Phi) is 3.84. The Morgan fingerprint density at radius 3 is 2.73 bits per heavy atom. The number of nitro groups is 1. The molecule has 7 heteroatoms. The Labute approximate surface area is 88.6 Å². The second-order valence-electron chi connectivity index (χ2n) is 2.48. The van der Waals surface area contributed by atoms with Crippen molar-refractivity contribution in [3.05, 3.63) is 33.9 Å². The van der Waals surface area contributed by atoms with Crippen LogP contribution in [0, 0.1) is 21.7 Å². The lowest BCUT2D eigenvalue weighted by atomic mass is 10.3. The van der Waals surface area contributed by atoms with Gasteiger partial charge in [0.05, 0.1) is 23.0 Å². The van der Waals surface area contributed by atoms with E-state index in [0.29, 0.717) is 17.9 Å². The van der Waals surface area contributed by atoms with Gasteiger partial charge < -0.3 is 4.18 Å². The third kappa shape index (κ3) is 2.79. The maximum Gasteiger partial charge on any atom is 0.318 e. The SMILES string of the molecule is CCSOc1c(F)cc(F)cc1[N+](=O)[O-]. The number of hydrogen-bond acceptors (Lipinski definition) is 4. The van der Waals surface area contributed by atoms with Crippen LogP contribution in [0.1, 0.15) is 6.92 Å². The molecule has 1 rings (SSSR count). The van der Waals surface area contributed by atoms with E-state index < -0.39 is 28.0 Å². The molecule has 0 radical (unpaired) electrons. The third-order valence-corrected chi connectivity index (χ3v) is 1.97. The molecule has 0 amide bonds. The van der Waals surface area contributed by atoms with E-state index in [2.05, 4.69) is 0 Å². The van der Waals surface area contributed by atoms with Crippen LogP contribution in [0.25, 0.3) is 0 Å². The molecule has 1 aromatic rings. The quantitative estimate of drug-likeness (QED) is 0.457. The summed E-state index contributed by atoms with van der Waals surface area (Å²) in [6.45, 7) is 1.73. The first-order chi connectivity index (χ1) is 7.06. The van der Waals surface area contributed by atoms with Gasteiger partial charge in [-0.15, -0.1) is 0 Å². The van der Waals surface area contributed by atoms with Crippen LogP contribution in [0.2, 0.25) is 0 Å². The van der Waals surface area contributed by atoms with Crippen LogP contribution in [0.3, 0.4) is 0 Å². The molecule has 0 aliphatic rings. The molecule has 0 aromatic heterocycles. The Balaban J connectivity index is 3.15. The number of nitro benzene ring substituents is 1. The van der Waals surface area contributed by atoms with Gasteiger partial charge in [-0.05, 0) is 0 Å². The molecule has 0 bridgehead atoms. The van der Waals surface area contributed by atoms with E-state index in [1.165, 1.54) is 0 Å². The highest BCUT2D eigenvalue weighted by Gasteiger charge is 2.22. The molecular formula is C8H7F2NO3S. The van der Waals surface area contributed by atoms with Gasteiger partial charge in [-0.25, -0.2) is 8.78 Å². The number of halogens is 2.